The number of carbonyl (C=O) groups excluding carboxylic acids is 1. The molecule has 5 heteroatoms. The van der Waals surface area contributed by atoms with Gasteiger partial charge in [0.25, 0.3) is 0 Å². The average Bonchev–Trinajstić information content (AvgIpc) is 3.33. The number of carbonyl (C=O) groups is 1. The molecule has 2 aromatic rings. The maximum atomic E-state index is 12.8. The quantitative estimate of drug-likeness (QED) is 0.530. The molecular formula is C26H28N2O3. The highest BCUT2D eigenvalue weighted by molar-refractivity contribution is 5.97. The van der Waals surface area contributed by atoms with Gasteiger partial charge in [-0.25, -0.2) is 4.85 Å². The highest BCUT2D eigenvalue weighted by Gasteiger charge is 2.32. The van der Waals surface area contributed by atoms with Crippen LogP contribution in [0.15, 0.2) is 42.5 Å². The second-order valence-corrected chi connectivity index (χ2v) is 9.02. The van der Waals surface area contributed by atoms with E-state index < -0.39 is 0 Å². The summed E-state index contributed by atoms with van der Waals surface area (Å²) in [4.78, 5) is 18.1. The van der Waals surface area contributed by atoms with E-state index >= 15 is 0 Å². The first-order chi connectivity index (χ1) is 15.2. The van der Waals surface area contributed by atoms with Crippen molar-refractivity contribution in [3.8, 4) is 11.5 Å². The van der Waals surface area contributed by atoms with Crippen molar-refractivity contribution in [3.05, 3.63) is 59.4 Å². The monoisotopic (exact) mass is 416 g/mol. The first kappa shape index (κ1) is 19.9. The Labute approximate surface area is 183 Å². The van der Waals surface area contributed by atoms with Crippen molar-refractivity contribution in [1.82, 2.24) is 0 Å². The van der Waals surface area contributed by atoms with Gasteiger partial charge >= 0.3 is 0 Å². The van der Waals surface area contributed by atoms with Crippen molar-refractivity contribution >= 4 is 17.3 Å². The van der Waals surface area contributed by atoms with Crippen LogP contribution < -0.4 is 14.4 Å². The van der Waals surface area contributed by atoms with Crippen LogP contribution in [-0.4, -0.2) is 25.2 Å². The third-order valence-electron chi connectivity index (χ3n) is 6.60. The van der Waals surface area contributed by atoms with E-state index in [1.807, 2.05) is 18.2 Å². The van der Waals surface area contributed by atoms with E-state index in [0.29, 0.717) is 24.6 Å². The number of benzene rings is 2. The molecule has 2 saturated carbocycles. The number of anilines is 1. The molecule has 2 aliphatic carbocycles. The van der Waals surface area contributed by atoms with Crippen LogP contribution in [0.4, 0.5) is 11.4 Å². The van der Waals surface area contributed by atoms with Gasteiger partial charge in [-0.3, -0.25) is 4.79 Å². The molecule has 0 N–H and O–H groups in total. The Morgan fingerprint density at radius 2 is 1.87 bits per heavy atom. The lowest BCUT2D eigenvalue weighted by Gasteiger charge is -2.20. The van der Waals surface area contributed by atoms with Crippen LogP contribution >= 0.6 is 0 Å². The summed E-state index contributed by atoms with van der Waals surface area (Å²) in [6, 6.07) is 13.5. The third kappa shape index (κ3) is 4.54. The minimum Gasteiger partial charge on any atom is -0.489 e. The summed E-state index contributed by atoms with van der Waals surface area (Å²) in [5.41, 5.74) is 2.47. The topological polar surface area (TPSA) is 43.1 Å². The predicted molar refractivity (Wildman–Crippen MR) is 120 cm³/mol. The van der Waals surface area contributed by atoms with Crippen LogP contribution in [0.25, 0.3) is 4.85 Å². The minimum atomic E-state index is 0.0967. The number of rotatable bonds is 7. The maximum Gasteiger partial charge on any atom is 0.227 e. The summed E-state index contributed by atoms with van der Waals surface area (Å²) in [7, 11) is 0. The van der Waals surface area contributed by atoms with Gasteiger partial charge in [-0.05, 0) is 74.3 Å². The van der Waals surface area contributed by atoms with Crippen LogP contribution in [0.1, 0.15) is 56.4 Å². The van der Waals surface area contributed by atoms with E-state index in [9.17, 15) is 4.79 Å². The number of hydrogen-bond acceptors (Lipinski definition) is 3. The lowest BCUT2D eigenvalue weighted by molar-refractivity contribution is -0.117. The van der Waals surface area contributed by atoms with Crippen LogP contribution in [0, 0.1) is 12.5 Å². The van der Waals surface area contributed by atoms with Crippen molar-refractivity contribution in [3.63, 3.8) is 0 Å². The first-order valence-electron chi connectivity index (χ1n) is 11.4. The molecule has 2 aromatic carbocycles. The highest BCUT2D eigenvalue weighted by atomic mass is 16.5. The molecule has 5 nitrogen and oxygen atoms in total. The van der Waals surface area contributed by atoms with Gasteiger partial charge in [0, 0.05) is 24.6 Å². The first-order valence-corrected chi connectivity index (χ1v) is 11.4. The molecule has 1 heterocycles. The fourth-order valence-corrected chi connectivity index (χ4v) is 4.58. The Morgan fingerprint density at radius 1 is 1.03 bits per heavy atom. The van der Waals surface area contributed by atoms with Crippen molar-refractivity contribution < 1.29 is 14.3 Å². The molecule has 1 aliphatic heterocycles. The summed E-state index contributed by atoms with van der Waals surface area (Å²) in [6.45, 7) is 8.61. The highest BCUT2D eigenvalue weighted by Crippen LogP contribution is 2.39. The molecule has 3 aliphatic rings. The standard InChI is InChI=1S/C26H28N2O3/c1-27-21-5-4-6-22(15-21)28-16-20(14-26(28)29)19-11-12-24(30-17-18-9-10-18)25(13-19)31-23-7-2-3-8-23/h4-6,11-13,15,18,20,23H,2-3,7-10,14,16-17H2/t20-/m1/s1. The molecule has 1 amide bonds. The Morgan fingerprint density at radius 3 is 2.65 bits per heavy atom. The summed E-state index contributed by atoms with van der Waals surface area (Å²) < 4.78 is 12.5. The van der Waals surface area contributed by atoms with Gasteiger partial charge in [-0.2, -0.15) is 0 Å². The Kier molecular flexibility index (Phi) is 5.55. The Bertz CT molecular complexity index is 1000. The van der Waals surface area contributed by atoms with Crippen molar-refractivity contribution in [1.29, 1.82) is 0 Å². The molecular weight excluding hydrogens is 388 g/mol. The fourth-order valence-electron chi connectivity index (χ4n) is 4.58. The maximum absolute atomic E-state index is 12.8. The third-order valence-corrected chi connectivity index (χ3v) is 6.60. The SMILES string of the molecule is [C-]#[N+]c1cccc(N2C[C@H](c3ccc(OCC4CC4)c(OC4CCCC4)c3)CC2=O)c1. The van der Waals surface area contributed by atoms with Crippen LogP contribution in [0.3, 0.4) is 0 Å². The van der Waals surface area contributed by atoms with E-state index in [2.05, 4.69) is 17.0 Å². The number of nitrogens with zero attached hydrogens (tertiary/aromatic N) is 2. The molecule has 5 rings (SSSR count). The predicted octanol–water partition coefficient (Wildman–Crippen LogP) is 5.87. The van der Waals surface area contributed by atoms with E-state index in [1.54, 1.807) is 17.0 Å². The molecule has 31 heavy (non-hydrogen) atoms. The molecule has 1 saturated heterocycles. The van der Waals surface area contributed by atoms with Gasteiger partial charge in [0.2, 0.25) is 5.91 Å². The van der Waals surface area contributed by atoms with Gasteiger partial charge in [0.05, 0.1) is 19.3 Å². The molecule has 0 spiro atoms. The van der Waals surface area contributed by atoms with E-state index in [-0.39, 0.29) is 17.9 Å². The molecule has 160 valence electrons. The van der Waals surface area contributed by atoms with Crippen LogP contribution in [-0.2, 0) is 4.79 Å². The van der Waals surface area contributed by atoms with Crippen molar-refractivity contribution in [2.24, 2.45) is 5.92 Å². The Hall–Kier alpha value is -3.00. The molecule has 0 unspecified atom stereocenters. The van der Waals surface area contributed by atoms with Gasteiger partial charge in [0.1, 0.15) is 0 Å². The van der Waals surface area contributed by atoms with Crippen LogP contribution in [0.5, 0.6) is 11.5 Å². The zero-order valence-corrected chi connectivity index (χ0v) is 17.8. The Balaban J connectivity index is 1.36. The van der Waals surface area contributed by atoms with E-state index in [1.165, 1.54) is 25.7 Å². The number of hydrogen-bond donors (Lipinski definition) is 0. The lowest BCUT2D eigenvalue weighted by Crippen LogP contribution is -2.24. The smallest absolute Gasteiger partial charge is 0.227 e. The van der Waals surface area contributed by atoms with Gasteiger partial charge < -0.3 is 14.4 Å². The number of amides is 1. The van der Waals surface area contributed by atoms with E-state index in [4.69, 9.17) is 16.0 Å². The number of ether oxygens (including phenoxy) is 2. The molecule has 0 aromatic heterocycles. The largest absolute Gasteiger partial charge is 0.489 e. The molecule has 3 fully saturated rings. The van der Waals surface area contributed by atoms with Gasteiger partial charge in [-0.1, -0.05) is 18.2 Å². The fraction of sp³-hybridized carbons (Fsp3) is 0.462. The zero-order chi connectivity index (χ0) is 21.2. The average molecular weight is 417 g/mol. The molecule has 1 atom stereocenters. The summed E-state index contributed by atoms with van der Waals surface area (Å²) in [5, 5.41) is 0. The summed E-state index contributed by atoms with van der Waals surface area (Å²) in [5.74, 6) is 2.54. The summed E-state index contributed by atoms with van der Waals surface area (Å²) >= 11 is 0. The van der Waals surface area contributed by atoms with Gasteiger partial charge in [-0.15, -0.1) is 0 Å². The summed E-state index contributed by atoms with van der Waals surface area (Å²) in [6.07, 6.45) is 7.87. The second kappa shape index (κ2) is 8.63. The second-order valence-electron chi connectivity index (χ2n) is 9.02. The van der Waals surface area contributed by atoms with Gasteiger partial charge in [0.15, 0.2) is 17.2 Å². The normalized spacial score (nSPS) is 21.3. The van der Waals surface area contributed by atoms with Crippen molar-refractivity contribution in [2.45, 2.75) is 57.0 Å². The molecule has 0 bridgehead atoms. The van der Waals surface area contributed by atoms with E-state index in [0.717, 1.165) is 42.2 Å². The lowest BCUT2D eigenvalue weighted by atomic mass is 9.98. The van der Waals surface area contributed by atoms with Crippen molar-refractivity contribution in [2.75, 3.05) is 18.1 Å². The minimum absolute atomic E-state index is 0.0967. The molecule has 0 radical (unpaired) electrons. The van der Waals surface area contributed by atoms with Crippen LogP contribution in [0.2, 0.25) is 0 Å². The zero-order valence-electron chi connectivity index (χ0n) is 17.8.